The largest absolute Gasteiger partial charge is 0.476 e. The molecule has 0 spiro atoms. The minimum absolute atomic E-state index is 0.718. The number of nitrogens with one attached hydrogen (secondary N) is 1. The summed E-state index contributed by atoms with van der Waals surface area (Å²) < 4.78 is 5.43. The molecule has 0 saturated heterocycles. The molecular weight excluding hydrogens is 188 g/mol. The number of likely N-dealkylation sites (N-methyl/N-ethyl adjacent to an activating group) is 1. The van der Waals surface area contributed by atoms with Crippen molar-refractivity contribution in [3.05, 3.63) is 35.4 Å². The summed E-state index contributed by atoms with van der Waals surface area (Å²) in [6, 6.07) is 8.40. The smallest absolute Gasteiger partial charge is 0.216 e. The SMILES string of the molecule is CNCCc1cccc(C2=NCCO2)c1. The Kier molecular flexibility index (Phi) is 3.35. The minimum atomic E-state index is 0.718. The van der Waals surface area contributed by atoms with Gasteiger partial charge in [-0.3, -0.25) is 0 Å². The van der Waals surface area contributed by atoms with Crippen molar-refractivity contribution in [2.45, 2.75) is 6.42 Å². The second kappa shape index (κ2) is 4.94. The van der Waals surface area contributed by atoms with Crippen LogP contribution in [0.25, 0.3) is 0 Å². The van der Waals surface area contributed by atoms with Gasteiger partial charge in [0.1, 0.15) is 6.61 Å². The molecule has 0 radical (unpaired) electrons. The first-order valence-electron chi connectivity index (χ1n) is 5.31. The van der Waals surface area contributed by atoms with Crippen LogP contribution in [0.1, 0.15) is 11.1 Å². The average Bonchev–Trinajstić information content (AvgIpc) is 2.80. The molecule has 0 aromatic heterocycles. The van der Waals surface area contributed by atoms with E-state index in [1.165, 1.54) is 5.56 Å². The summed E-state index contributed by atoms with van der Waals surface area (Å²) in [4.78, 5) is 4.31. The van der Waals surface area contributed by atoms with Gasteiger partial charge in [0.25, 0.3) is 0 Å². The van der Waals surface area contributed by atoms with Crippen LogP contribution in [0.2, 0.25) is 0 Å². The second-order valence-electron chi connectivity index (χ2n) is 3.59. The molecule has 1 aromatic rings. The van der Waals surface area contributed by atoms with Crippen LogP contribution in [0.4, 0.5) is 0 Å². The molecule has 3 heteroatoms. The second-order valence-corrected chi connectivity index (χ2v) is 3.59. The van der Waals surface area contributed by atoms with Gasteiger partial charge in [-0.25, -0.2) is 4.99 Å². The van der Waals surface area contributed by atoms with Crippen molar-refractivity contribution >= 4 is 5.90 Å². The molecular formula is C12H16N2O. The van der Waals surface area contributed by atoms with E-state index in [-0.39, 0.29) is 0 Å². The molecule has 0 bridgehead atoms. The van der Waals surface area contributed by atoms with Gasteiger partial charge in [0.2, 0.25) is 5.90 Å². The van der Waals surface area contributed by atoms with Crippen molar-refractivity contribution in [3.63, 3.8) is 0 Å². The third kappa shape index (κ3) is 2.57. The summed E-state index contributed by atoms with van der Waals surface area (Å²) >= 11 is 0. The van der Waals surface area contributed by atoms with E-state index >= 15 is 0 Å². The first kappa shape index (κ1) is 10.2. The molecule has 1 aliphatic rings. The summed E-state index contributed by atoms with van der Waals surface area (Å²) in [6.07, 6.45) is 1.04. The predicted molar refractivity (Wildman–Crippen MR) is 61.4 cm³/mol. The molecule has 0 aliphatic carbocycles. The molecule has 3 nitrogen and oxygen atoms in total. The Morgan fingerprint density at radius 3 is 3.13 bits per heavy atom. The summed E-state index contributed by atoms with van der Waals surface area (Å²) in [5.41, 5.74) is 2.42. The monoisotopic (exact) mass is 204 g/mol. The van der Waals surface area contributed by atoms with Gasteiger partial charge in [0.05, 0.1) is 6.54 Å². The first-order chi connectivity index (χ1) is 7.40. The Labute approximate surface area is 90.2 Å². The van der Waals surface area contributed by atoms with E-state index in [2.05, 4.69) is 28.5 Å². The fraction of sp³-hybridized carbons (Fsp3) is 0.417. The molecule has 1 aromatic carbocycles. The molecule has 0 unspecified atom stereocenters. The van der Waals surface area contributed by atoms with E-state index in [0.717, 1.165) is 37.6 Å². The highest BCUT2D eigenvalue weighted by molar-refractivity contribution is 5.95. The first-order valence-corrected chi connectivity index (χ1v) is 5.31. The van der Waals surface area contributed by atoms with Gasteiger partial charge in [-0.05, 0) is 37.7 Å². The van der Waals surface area contributed by atoms with Crippen LogP contribution in [0, 0.1) is 0 Å². The van der Waals surface area contributed by atoms with E-state index in [1.807, 2.05) is 13.1 Å². The minimum Gasteiger partial charge on any atom is -0.476 e. The Balaban J connectivity index is 2.11. The standard InChI is InChI=1S/C12H16N2O/c1-13-6-5-10-3-2-4-11(9-10)12-14-7-8-15-12/h2-4,9,13H,5-8H2,1H3. The van der Waals surface area contributed by atoms with Gasteiger partial charge in [-0.2, -0.15) is 0 Å². The number of ether oxygens (including phenoxy) is 1. The van der Waals surface area contributed by atoms with Crippen LogP contribution in [0.3, 0.4) is 0 Å². The number of hydrogen-bond donors (Lipinski definition) is 1. The Morgan fingerprint density at radius 1 is 1.47 bits per heavy atom. The van der Waals surface area contributed by atoms with E-state index in [0.29, 0.717) is 0 Å². The normalized spacial score (nSPS) is 14.9. The van der Waals surface area contributed by atoms with Crippen molar-refractivity contribution in [2.24, 2.45) is 4.99 Å². The van der Waals surface area contributed by atoms with Gasteiger partial charge in [0.15, 0.2) is 0 Å². The van der Waals surface area contributed by atoms with Crippen molar-refractivity contribution in [1.82, 2.24) is 5.32 Å². The third-order valence-electron chi connectivity index (χ3n) is 2.42. The van der Waals surface area contributed by atoms with E-state index in [4.69, 9.17) is 4.74 Å². The quantitative estimate of drug-likeness (QED) is 0.800. The zero-order valence-corrected chi connectivity index (χ0v) is 8.99. The lowest BCUT2D eigenvalue weighted by molar-refractivity contribution is 0.348. The summed E-state index contributed by atoms with van der Waals surface area (Å²) in [5.74, 6) is 0.793. The topological polar surface area (TPSA) is 33.6 Å². The Bertz CT molecular complexity index is 360. The number of rotatable bonds is 4. The lowest BCUT2D eigenvalue weighted by Gasteiger charge is -2.05. The highest BCUT2D eigenvalue weighted by Crippen LogP contribution is 2.10. The van der Waals surface area contributed by atoms with Gasteiger partial charge < -0.3 is 10.1 Å². The van der Waals surface area contributed by atoms with Crippen LogP contribution < -0.4 is 5.32 Å². The summed E-state index contributed by atoms with van der Waals surface area (Å²) in [6.45, 7) is 2.50. The molecule has 80 valence electrons. The third-order valence-corrected chi connectivity index (χ3v) is 2.42. The van der Waals surface area contributed by atoms with Crippen molar-refractivity contribution in [3.8, 4) is 0 Å². The summed E-state index contributed by atoms with van der Waals surface area (Å²) in [5, 5.41) is 3.14. The maximum absolute atomic E-state index is 5.43. The van der Waals surface area contributed by atoms with Crippen LogP contribution >= 0.6 is 0 Å². The maximum atomic E-state index is 5.43. The fourth-order valence-corrected chi connectivity index (χ4v) is 1.64. The van der Waals surface area contributed by atoms with Crippen LogP contribution in [-0.4, -0.2) is 32.6 Å². The fourth-order valence-electron chi connectivity index (χ4n) is 1.64. The number of nitrogens with zero attached hydrogens (tertiary/aromatic N) is 1. The van der Waals surface area contributed by atoms with Gasteiger partial charge >= 0.3 is 0 Å². The van der Waals surface area contributed by atoms with Gasteiger partial charge in [-0.15, -0.1) is 0 Å². The lowest BCUT2D eigenvalue weighted by Crippen LogP contribution is -2.10. The molecule has 1 N–H and O–H groups in total. The lowest BCUT2D eigenvalue weighted by atomic mass is 10.1. The van der Waals surface area contributed by atoms with Crippen LogP contribution in [0.15, 0.2) is 29.3 Å². The molecule has 1 heterocycles. The van der Waals surface area contributed by atoms with E-state index < -0.39 is 0 Å². The van der Waals surface area contributed by atoms with E-state index in [1.54, 1.807) is 0 Å². The molecule has 0 amide bonds. The van der Waals surface area contributed by atoms with Crippen LogP contribution in [0.5, 0.6) is 0 Å². The Morgan fingerprint density at radius 2 is 2.40 bits per heavy atom. The maximum Gasteiger partial charge on any atom is 0.216 e. The number of hydrogen-bond acceptors (Lipinski definition) is 3. The average molecular weight is 204 g/mol. The van der Waals surface area contributed by atoms with E-state index in [9.17, 15) is 0 Å². The van der Waals surface area contributed by atoms with Crippen LogP contribution in [-0.2, 0) is 11.2 Å². The highest BCUT2D eigenvalue weighted by Gasteiger charge is 2.09. The molecule has 2 rings (SSSR count). The highest BCUT2D eigenvalue weighted by atomic mass is 16.5. The molecule has 0 saturated carbocycles. The summed E-state index contributed by atoms with van der Waals surface area (Å²) in [7, 11) is 1.97. The molecule has 0 fully saturated rings. The van der Waals surface area contributed by atoms with Gasteiger partial charge in [-0.1, -0.05) is 12.1 Å². The molecule has 1 aliphatic heterocycles. The zero-order chi connectivity index (χ0) is 10.5. The Hall–Kier alpha value is -1.35. The zero-order valence-electron chi connectivity index (χ0n) is 8.99. The number of aliphatic imine (C=N–C) groups is 1. The molecule has 0 atom stereocenters. The predicted octanol–water partition coefficient (Wildman–Crippen LogP) is 1.23. The van der Waals surface area contributed by atoms with Gasteiger partial charge in [0, 0.05) is 5.56 Å². The van der Waals surface area contributed by atoms with Crippen molar-refractivity contribution < 1.29 is 4.74 Å². The number of benzene rings is 1. The van der Waals surface area contributed by atoms with Crippen molar-refractivity contribution in [1.29, 1.82) is 0 Å². The van der Waals surface area contributed by atoms with Crippen molar-refractivity contribution in [2.75, 3.05) is 26.7 Å². The molecule has 15 heavy (non-hydrogen) atoms.